The van der Waals surface area contributed by atoms with Crippen LogP contribution in [0.2, 0.25) is 0 Å². The molecule has 1 heterocycles. The van der Waals surface area contributed by atoms with Gasteiger partial charge in [0.15, 0.2) is 0 Å². The average Bonchev–Trinajstić information content (AvgIpc) is 2.61. The maximum absolute atomic E-state index is 12.4. The highest BCUT2D eigenvalue weighted by Crippen LogP contribution is 2.43. The summed E-state index contributed by atoms with van der Waals surface area (Å²) in [6.07, 6.45) is 0.543. The lowest BCUT2D eigenvalue weighted by Crippen LogP contribution is -2.50. The van der Waals surface area contributed by atoms with Gasteiger partial charge in [0.25, 0.3) is 0 Å². The van der Waals surface area contributed by atoms with Gasteiger partial charge >= 0.3 is 11.9 Å². The summed E-state index contributed by atoms with van der Waals surface area (Å²) in [5, 5.41) is 9.56. The highest BCUT2D eigenvalue weighted by molar-refractivity contribution is 5.91. The minimum atomic E-state index is -1.27. The van der Waals surface area contributed by atoms with Gasteiger partial charge in [0.1, 0.15) is 11.5 Å². The first kappa shape index (κ1) is 18.0. The third-order valence-electron chi connectivity index (χ3n) is 5.20. The number of hydrogen-bond acceptors (Lipinski definition) is 4. The zero-order valence-electron chi connectivity index (χ0n) is 15.3. The van der Waals surface area contributed by atoms with Gasteiger partial charge in [-0.3, -0.25) is 0 Å². The lowest BCUT2D eigenvalue weighted by Gasteiger charge is -2.39. The lowest BCUT2D eigenvalue weighted by molar-refractivity contribution is -0.159. The highest BCUT2D eigenvalue weighted by atomic mass is 16.5. The highest BCUT2D eigenvalue weighted by Gasteiger charge is 2.46. The number of carboxylic acid groups (broad SMARTS) is 1. The lowest BCUT2D eigenvalue weighted by atomic mass is 9.80. The van der Waals surface area contributed by atoms with Crippen LogP contribution in [0.15, 0.2) is 36.4 Å². The van der Waals surface area contributed by atoms with Gasteiger partial charge in [-0.25, -0.2) is 9.59 Å². The molecule has 0 bridgehead atoms. The Kier molecular flexibility index (Phi) is 4.48. The second-order valence-corrected chi connectivity index (χ2v) is 7.00. The van der Waals surface area contributed by atoms with E-state index in [1.165, 1.54) is 0 Å². The summed E-state index contributed by atoms with van der Waals surface area (Å²) in [4.78, 5) is 24.0. The third kappa shape index (κ3) is 2.94. The third-order valence-corrected chi connectivity index (χ3v) is 5.20. The summed E-state index contributed by atoms with van der Waals surface area (Å²) >= 11 is 0. The smallest absolute Gasteiger partial charge is 0.348 e. The Morgan fingerprint density at radius 2 is 1.88 bits per heavy atom. The van der Waals surface area contributed by atoms with Crippen LogP contribution in [0.1, 0.15) is 40.9 Å². The number of ether oxygens (including phenoxy) is 2. The van der Waals surface area contributed by atoms with Crippen LogP contribution >= 0.6 is 0 Å². The van der Waals surface area contributed by atoms with Crippen molar-refractivity contribution >= 4 is 11.9 Å². The number of hydrogen-bond donors (Lipinski definition) is 1. The van der Waals surface area contributed by atoms with Crippen LogP contribution in [0, 0.1) is 19.8 Å². The molecule has 3 rings (SSSR count). The molecule has 0 aromatic heterocycles. The molecule has 1 aliphatic heterocycles. The number of rotatable bonds is 3. The van der Waals surface area contributed by atoms with Crippen molar-refractivity contribution in [3.05, 3.63) is 58.7 Å². The van der Waals surface area contributed by atoms with Crippen LogP contribution in [-0.2, 0) is 11.2 Å². The standard InChI is InChI=1S/C21H22O5/c1-12-10-17(25-19(22)15-8-6-5-7-9-15)14(3)16-11-13(2)21(4,20(23)24)26-18(12)16/h5-10,13H,11H2,1-4H3,(H,23,24). The maximum Gasteiger partial charge on any atom is 0.348 e. The molecule has 0 radical (unpaired) electrons. The van der Waals surface area contributed by atoms with E-state index in [4.69, 9.17) is 9.47 Å². The Balaban J connectivity index is 1.98. The fourth-order valence-corrected chi connectivity index (χ4v) is 3.22. The zero-order chi connectivity index (χ0) is 19.1. The van der Waals surface area contributed by atoms with Crippen LogP contribution in [0.5, 0.6) is 11.5 Å². The van der Waals surface area contributed by atoms with E-state index in [9.17, 15) is 14.7 Å². The van der Waals surface area contributed by atoms with Crippen molar-refractivity contribution in [2.24, 2.45) is 5.92 Å². The van der Waals surface area contributed by atoms with Crippen molar-refractivity contribution in [2.75, 3.05) is 0 Å². The first-order chi connectivity index (χ1) is 12.2. The first-order valence-corrected chi connectivity index (χ1v) is 8.56. The normalized spacial score (nSPS) is 21.5. The molecular formula is C21H22O5. The molecule has 0 spiro atoms. The molecule has 26 heavy (non-hydrogen) atoms. The SMILES string of the molecule is Cc1cc(OC(=O)c2ccccc2)c(C)c2c1OC(C)(C(=O)O)C(C)C2. The van der Waals surface area contributed by atoms with Crippen molar-refractivity contribution in [1.29, 1.82) is 0 Å². The van der Waals surface area contributed by atoms with E-state index >= 15 is 0 Å². The molecule has 5 nitrogen and oxygen atoms in total. The van der Waals surface area contributed by atoms with Gasteiger partial charge in [0, 0.05) is 11.5 Å². The van der Waals surface area contributed by atoms with Gasteiger partial charge in [-0.05, 0) is 56.5 Å². The van der Waals surface area contributed by atoms with Crippen molar-refractivity contribution in [1.82, 2.24) is 0 Å². The number of carboxylic acids is 1. The van der Waals surface area contributed by atoms with Gasteiger partial charge in [0.2, 0.25) is 5.60 Å². The van der Waals surface area contributed by atoms with Crippen LogP contribution in [0.4, 0.5) is 0 Å². The molecule has 2 unspecified atom stereocenters. The molecule has 0 saturated carbocycles. The maximum atomic E-state index is 12.4. The van der Waals surface area contributed by atoms with Crippen molar-refractivity contribution < 1.29 is 24.2 Å². The summed E-state index contributed by atoms with van der Waals surface area (Å²) in [5.41, 5.74) is 1.65. The monoisotopic (exact) mass is 354 g/mol. The van der Waals surface area contributed by atoms with E-state index in [0.717, 1.165) is 16.7 Å². The molecule has 1 aliphatic rings. The predicted octanol–water partition coefficient (Wildman–Crippen LogP) is 3.94. The molecular weight excluding hydrogens is 332 g/mol. The second kappa shape index (κ2) is 6.48. The quantitative estimate of drug-likeness (QED) is 0.668. The molecule has 2 aromatic rings. The second-order valence-electron chi connectivity index (χ2n) is 7.00. The Labute approximate surface area is 152 Å². The number of esters is 1. The van der Waals surface area contributed by atoms with Gasteiger partial charge in [0.05, 0.1) is 5.56 Å². The van der Waals surface area contributed by atoms with E-state index in [1.807, 2.05) is 26.8 Å². The fraction of sp³-hybridized carbons (Fsp3) is 0.333. The number of benzene rings is 2. The summed E-state index contributed by atoms with van der Waals surface area (Å²) in [5.74, 6) is -0.569. The average molecular weight is 354 g/mol. The van der Waals surface area contributed by atoms with Crippen molar-refractivity contribution in [2.45, 2.75) is 39.7 Å². The number of aryl methyl sites for hydroxylation is 1. The molecule has 136 valence electrons. The topological polar surface area (TPSA) is 72.8 Å². The fourth-order valence-electron chi connectivity index (χ4n) is 3.22. The Hall–Kier alpha value is -2.82. The molecule has 2 aromatic carbocycles. The minimum absolute atomic E-state index is 0.217. The Bertz CT molecular complexity index is 872. The van der Waals surface area contributed by atoms with Crippen LogP contribution < -0.4 is 9.47 Å². The molecule has 0 amide bonds. The van der Waals surface area contributed by atoms with E-state index in [1.54, 1.807) is 37.3 Å². The number of carbonyl (C=O) groups excluding carboxylic acids is 1. The van der Waals surface area contributed by atoms with Crippen LogP contribution in [-0.4, -0.2) is 22.6 Å². The van der Waals surface area contributed by atoms with Gasteiger partial charge in [-0.1, -0.05) is 25.1 Å². The largest absolute Gasteiger partial charge is 0.478 e. The van der Waals surface area contributed by atoms with Crippen LogP contribution in [0.3, 0.4) is 0 Å². The zero-order valence-corrected chi connectivity index (χ0v) is 15.3. The minimum Gasteiger partial charge on any atom is -0.478 e. The predicted molar refractivity (Wildman–Crippen MR) is 96.9 cm³/mol. The summed E-state index contributed by atoms with van der Waals surface area (Å²) in [7, 11) is 0. The van der Waals surface area contributed by atoms with Crippen molar-refractivity contribution in [3.8, 4) is 11.5 Å². The molecule has 0 aliphatic carbocycles. The summed E-state index contributed by atoms with van der Waals surface area (Å²) < 4.78 is 11.5. The Morgan fingerprint density at radius 1 is 1.23 bits per heavy atom. The number of fused-ring (bicyclic) bond motifs is 1. The number of carbonyl (C=O) groups is 2. The molecule has 0 saturated heterocycles. The van der Waals surface area contributed by atoms with E-state index in [2.05, 4.69) is 0 Å². The first-order valence-electron chi connectivity index (χ1n) is 8.56. The number of aliphatic carboxylic acids is 1. The molecule has 2 atom stereocenters. The Morgan fingerprint density at radius 3 is 2.50 bits per heavy atom. The van der Waals surface area contributed by atoms with E-state index in [0.29, 0.717) is 23.5 Å². The molecule has 1 N–H and O–H groups in total. The summed E-state index contributed by atoms with van der Waals surface area (Å²) in [6, 6.07) is 10.5. The molecule has 0 fully saturated rings. The van der Waals surface area contributed by atoms with E-state index in [-0.39, 0.29) is 5.92 Å². The molecule has 5 heteroatoms. The van der Waals surface area contributed by atoms with Gasteiger partial charge < -0.3 is 14.6 Å². The van der Waals surface area contributed by atoms with Gasteiger partial charge in [-0.2, -0.15) is 0 Å². The summed E-state index contributed by atoms with van der Waals surface area (Å²) in [6.45, 7) is 7.15. The van der Waals surface area contributed by atoms with E-state index < -0.39 is 17.5 Å². The van der Waals surface area contributed by atoms with Gasteiger partial charge in [-0.15, -0.1) is 0 Å². The van der Waals surface area contributed by atoms with Crippen LogP contribution in [0.25, 0.3) is 0 Å². The van der Waals surface area contributed by atoms with Crippen molar-refractivity contribution in [3.63, 3.8) is 0 Å².